The molecule has 0 bridgehead atoms. The van der Waals surface area contributed by atoms with Crippen molar-refractivity contribution in [1.82, 2.24) is 40.1 Å². The highest BCUT2D eigenvalue weighted by molar-refractivity contribution is 5.69. The minimum atomic E-state index is -0.492. The fourth-order valence-electron chi connectivity index (χ4n) is 5.26. The van der Waals surface area contributed by atoms with E-state index in [1.807, 2.05) is 24.6 Å². The predicted octanol–water partition coefficient (Wildman–Crippen LogP) is 4.59. The number of nitrogens with zero attached hydrogens (tertiary/aromatic N) is 8. The molecule has 2 fully saturated rings. The second-order valence-corrected chi connectivity index (χ2v) is 11.9. The largest absolute Gasteiger partial charge is 0.474 e. The molecule has 0 aromatic carbocycles. The number of anilines is 3. The molecule has 2 aliphatic rings. The summed E-state index contributed by atoms with van der Waals surface area (Å²) in [5, 5.41) is 18.8. The molecule has 1 aliphatic heterocycles. The van der Waals surface area contributed by atoms with Crippen LogP contribution in [0.5, 0.6) is 5.88 Å². The van der Waals surface area contributed by atoms with Crippen LogP contribution in [0.1, 0.15) is 73.3 Å². The van der Waals surface area contributed by atoms with Crippen molar-refractivity contribution in [3.63, 3.8) is 0 Å². The second-order valence-electron chi connectivity index (χ2n) is 11.9. The summed E-state index contributed by atoms with van der Waals surface area (Å²) in [7, 11) is 2.15. The summed E-state index contributed by atoms with van der Waals surface area (Å²) in [6, 6.07) is 2.21. The van der Waals surface area contributed by atoms with Gasteiger partial charge in [-0.05, 0) is 90.8 Å². The third-order valence-corrected chi connectivity index (χ3v) is 7.47. The fourth-order valence-corrected chi connectivity index (χ4v) is 5.26. The number of nitrogens with one attached hydrogen (secondary N) is 2. The highest BCUT2D eigenvalue weighted by atomic mass is 19.1. The van der Waals surface area contributed by atoms with Crippen molar-refractivity contribution >= 4 is 17.5 Å². The Labute approximate surface area is 222 Å². The van der Waals surface area contributed by atoms with Crippen molar-refractivity contribution in [1.29, 1.82) is 0 Å². The maximum atomic E-state index is 14.8. The van der Waals surface area contributed by atoms with E-state index in [1.54, 1.807) is 6.20 Å². The van der Waals surface area contributed by atoms with Gasteiger partial charge in [-0.2, -0.15) is 4.98 Å². The van der Waals surface area contributed by atoms with Gasteiger partial charge in [-0.3, -0.25) is 4.90 Å². The molecule has 3 aromatic heterocycles. The Bertz CT molecular complexity index is 1280. The Morgan fingerprint density at radius 2 is 1.79 bits per heavy atom. The number of tetrazole rings is 1. The number of hydrogen-bond donors (Lipinski definition) is 2. The van der Waals surface area contributed by atoms with Gasteiger partial charge in [-0.15, -0.1) is 5.10 Å². The minimum absolute atomic E-state index is 0.0399. The van der Waals surface area contributed by atoms with Crippen LogP contribution >= 0.6 is 0 Å². The Morgan fingerprint density at radius 3 is 2.45 bits per heavy atom. The van der Waals surface area contributed by atoms with Gasteiger partial charge in [0.1, 0.15) is 0 Å². The number of piperidine rings is 1. The van der Waals surface area contributed by atoms with Gasteiger partial charge in [0.15, 0.2) is 17.5 Å². The molecule has 3 aromatic rings. The number of pyridine rings is 1. The predicted molar refractivity (Wildman–Crippen MR) is 143 cm³/mol. The zero-order valence-corrected chi connectivity index (χ0v) is 23.2. The number of aromatic nitrogens is 7. The average Bonchev–Trinajstić information content (AvgIpc) is 3.56. The van der Waals surface area contributed by atoms with Crippen LogP contribution in [0.2, 0.25) is 0 Å². The third kappa shape index (κ3) is 5.40. The van der Waals surface area contributed by atoms with E-state index in [1.165, 1.54) is 6.20 Å². The summed E-state index contributed by atoms with van der Waals surface area (Å²) in [6.07, 6.45) is 6.53. The maximum Gasteiger partial charge on any atom is 0.229 e. The first-order valence-corrected chi connectivity index (χ1v) is 13.2. The topological polar surface area (TPSA) is 119 Å². The number of likely N-dealkylation sites (tertiary alicyclic amines) is 1. The monoisotopic (exact) mass is 524 g/mol. The van der Waals surface area contributed by atoms with Crippen LogP contribution in [0.15, 0.2) is 18.5 Å². The van der Waals surface area contributed by atoms with Gasteiger partial charge in [0.05, 0.1) is 35.8 Å². The molecule has 0 spiro atoms. The second kappa shape index (κ2) is 9.72. The molecule has 0 atom stereocenters. The Kier molecular flexibility index (Phi) is 6.70. The molecule has 38 heavy (non-hydrogen) atoms. The minimum Gasteiger partial charge on any atom is -0.474 e. The molecular formula is C26H37FN10O. The van der Waals surface area contributed by atoms with E-state index in [-0.39, 0.29) is 41.0 Å². The first-order chi connectivity index (χ1) is 17.9. The van der Waals surface area contributed by atoms with E-state index in [0.717, 1.165) is 25.7 Å². The van der Waals surface area contributed by atoms with Crippen molar-refractivity contribution < 1.29 is 9.13 Å². The van der Waals surface area contributed by atoms with Crippen LogP contribution in [0.25, 0.3) is 11.4 Å². The maximum absolute atomic E-state index is 14.8. The van der Waals surface area contributed by atoms with Gasteiger partial charge in [-0.25, -0.2) is 19.0 Å². The molecular weight excluding hydrogens is 487 g/mol. The van der Waals surface area contributed by atoms with Crippen molar-refractivity contribution in [2.45, 2.75) is 96.5 Å². The molecule has 11 nitrogen and oxygen atoms in total. The molecule has 4 heterocycles. The molecule has 204 valence electrons. The Morgan fingerprint density at radius 1 is 1.08 bits per heavy atom. The van der Waals surface area contributed by atoms with Crippen molar-refractivity contribution in [3.8, 4) is 17.3 Å². The fraction of sp³-hybridized carbons (Fsp3) is 0.615. The standard InChI is InChI=1S/C26H37FN10O/c1-15(2)38-23-19(22-33-34-35-37(22)18-8-9-18)10-16(13-28-23)31-24-29-14-20(27)21(32-24)30-17-11-25(3,4)36(7)26(5,6)12-17/h10,13-15,17-18H,8-9,11-12H2,1-7H3,(H2,29,30,31,32). The molecule has 1 saturated heterocycles. The Hall–Kier alpha value is -3.41. The number of rotatable bonds is 8. The third-order valence-electron chi connectivity index (χ3n) is 7.47. The van der Waals surface area contributed by atoms with Crippen LogP contribution in [0, 0.1) is 5.82 Å². The van der Waals surface area contributed by atoms with E-state index < -0.39 is 5.82 Å². The van der Waals surface area contributed by atoms with Crippen molar-refractivity contribution in [2.75, 3.05) is 17.7 Å². The Balaban J connectivity index is 1.40. The van der Waals surface area contributed by atoms with E-state index in [2.05, 4.69) is 80.8 Å². The lowest BCUT2D eigenvalue weighted by Crippen LogP contribution is -2.61. The first kappa shape index (κ1) is 26.2. The van der Waals surface area contributed by atoms with Crippen LogP contribution in [-0.4, -0.2) is 70.3 Å². The molecule has 1 aliphatic carbocycles. The van der Waals surface area contributed by atoms with Gasteiger partial charge < -0.3 is 15.4 Å². The van der Waals surface area contributed by atoms with Gasteiger partial charge in [0.2, 0.25) is 11.8 Å². The molecule has 5 rings (SSSR count). The van der Waals surface area contributed by atoms with Crippen LogP contribution in [0.4, 0.5) is 21.8 Å². The highest BCUT2D eigenvalue weighted by Crippen LogP contribution is 2.40. The van der Waals surface area contributed by atoms with Gasteiger partial charge >= 0.3 is 0 Å². The summed E-state index contributed by atoms with van der Waals surface area (Å²) in [5.41, 5.74) is 1.20. The molecule has 12 heteroatoms. The van der Waals surface area contributed by atoms with Crippen LogP contribution in [0.3, 0.4) is 0 Å². The van der Waals surface area contributed by atoms with E-state index in [9.17, 15) is 4.39 Å². The SMILES string of the molecule is CC(C)Oc1ncc(Nc2ncc(F)c(NC3CC(C)(C)N(C)C(C)(C)C3)n2)cc1-c1nnnn1C1CC1. The van der Waals surface area contributed by atoms with Crippen LogP contribution in [-0.2, 0) is 0 Å². The number of hydrogen-bond acceptors (Lipinski definition) is 10. The number of ether oxygens (including phenoxy) is 1. The summed E-state index contributed by atoms with van der Waals surface area (Å²) < 4.78 is 22.6. The molecule has 0 radical (unpaired) electrons. The summed E-state index contributed by atoms with van der Waals surface area (Å²) in [6.45, 7) is 12.7. The quantitative estimate of drug-likeness (QED) is 0.433. The lowest BCUT2D eigenvalue weighted by Gasteiger charge is -2.53. The van der Waals surface area contributed by atoms with Crippen molar-refractivity contribution in [2.24, 2.45) is 0 Å². The summed E-state index contributed by atoms with van der Waals surface area (Å²) in [4.78, 5) is 15.5. The van der Waals surface area contributed by atoms with Gasteiger partial charge in [0.25, 0.3) is 0 Å². The van der Waals surface area contributed by atoms with Crippen LogP contribution < -0.4 is 15.4 Å². The van der Waals surface area contributed by atoms with Gasteiger partial charge in [-0.1, -0.05) is 0 Å². The van der Waals surface area contributed by atoms with E-state index in [4.69, 9.17) is 4.74 Å². The molecule has 2 N–H and O–H groups in total. The lowest BCUT2D eigenvalue weighted by atomic mass is 9.77. The summed E-state index contributed by atoms with van der Waals surface area (Å²) in [5.74, 6) is 0.973. The zero-order chi connectivity index (χ0) is 27.2. The molecule has 1 saturated carbocycles. The lowest BCUT2D eigenvalue weighted by molar-refractivity contribution is -0.00778. The molecule has 0 amide bonds. The first-order valence-electron chi connectivity index (χ1n) is 13.2. The normalized spacial score (nSPS) is 19.5. The molecule has 0 unspecified atom stereocenters. The smallest absolute Gasteiger partial charge is 0.229 e. The van der Waals surface area contributed by atoms with Gasteiger partial charge in [0, 0.05) is 17.1 Å². The highest BCUT2D eigenvalue weighted by Gasteiger charge is 2.43. The number of halogens is 1. The van der Waals surface area contributed by atoms with E-state index in [0.29, 0.717) is 23.0 Å². The average molecular weight is 525 g/mol. The van der Waals surface area contributed by atoms with Crippen molar-refractivity contribution in [3.05, 3.63) is 24.3 Å². The zero-order valence-electron chi connectivity index (χ0n) is 23.2. The summed E-state index contributed by atoms with van der Waals surface area (Å²) >= 11 is 0. The van der Waals surface area contributed by atoms with E-state index >= 15 is 0 Å².